The molecule has 1 aliphatic rings. The molecule has 31 heavy (non-hydrogen) atoms. The quantitative estimate of drug-likeness (QED) is 0.637. The fourth-order valence-electron chi connectivity index (χ4n) is 3.19. The Hall–Kier alpha value is -3.52. The molecule has 8 heteroatoms. The van der Waals surface area contributed by atoms with Gasteiger partial charge >= 0.3 is 0 Å². The Morgan fingerprint density at radius 3 is 2.52 bits per heavy atom. The lowest BCUT2D eigenvalue weighted by molar-refractivity contribution is 0.0951. The molecule has 0 saturated carbocycles. The molecular weight excluding hydrogens is 416 g/mol. The first-order valence-corrected chi connectivity index (χ1v) is 11.1. The van der Waals surface area contributed by atoms with E-state index in [2.05, 4.69) is 5.32 Å². The summed E-state index contributed by atoms with van der Waals surface area (Å²) >= 11 is 0. The molecule has 3 aromatic carbocycles. The standard InChI is InChI=1S/C23H22N2O5S/c1-16-6-9-20(10-7-16)31(27,28)25(2)19-5-3-4-18(13-19)23(26)24-14-17-8-11-21-22(12-17)30-15-29-21/h3-13H,14-15H2,1-2H3,(H,24,26). The maximum Gasteiger partial charge on any atom is 0.264 e. The number of anilines is 1. The van der Waals surface area contributed by atoms with Gasteiger partial charge in [0.1, 0.15) is 0 Å². The lowest BCUT2D eigenvalue weighted by Crippen LogP contribution is -2.27. The summed E-state index contributed by atoms with van der Waals surface area (Å²) < 4.78 is 37.7. The molecule has 0 radical (unpaired) electrons. The van der Waals surface area contributed by atoms with Crippen LogP contribution >= 0.6 is 0 Å². The molecule has 1 N–H and O–H groups in total. The number of hydrogen-bond donors (Lipinski definition) is 1. The highest BCUT2D eigenvalue weighted by Crippen LogP contribution is 2.32. The molecule has 0 aliphatic carbocycles. The van der Waals surface area contributed by atoms with Crippen molar-refractivity contribution in [1.29, 1.82) is 0 Å². The van der Waals surface area contributed by atoms with E-state index >= 15 is 0 Å². The highest BCUT2D eigenvalue weighted by atomic mass is 32.2. The molecule has 0 bridgehead atoms. The van der Waals surface area contributed by atoms with Crippen LogP contribution in [0.5, 0.6) is 11.5 Å². The molecule has 7 nitrogen and oxygen atoms in total. The first-order chi connectivity index (χ1) is 14.8. The molecule has 0 saturated heterocycles. The molecule has 0 aromatic heterocycles. The summed E-state index contributed by atoms with van der Waals surface area (Å²) in [4.78, 5) is 12.8. The lowest BCUT2D eigenvalue weighted by Gasteiger charge is -2.20. The zero-order valence-electron chi connectivity index (χ0n) is 17.2. The fraction of sp³-hybridized carbons (Fsp3) is 0.174. The van der Waals surface area contributed by atoms with Gasteiger partial charge in [-0.25, -0.2) is 8.42 Å². The zero-order valence-corrected chi connectivity index (χ0v) is 18.0. The van der Waals surface area contributed by atoms with Crippen molar-refractivity contribution in [2.24, 2.45) is 0 Å². The van der Waals surface area contributed by atoms with Crippen LogP contribution in [0.3, 0.4) is 0 Å². The number of carbonyl (C=O) groups is 1. The second-order valence-corrected chi connectivity index (χ2v) is 9.18. The van der Waals surface area contributed by atoms with Crippen molar-refractivity contribution in [2.75, 3.05) is 18.1 Å². The van der Waals surface area contributed by atoms with Crippen molar-refractivity contribution in [2.45, 2.75) is 18.4 Å². The molecule has 1 aliphatic heterocycles. The summed E-state index contributed by atoms with van der Waals surface area (Å²) in [5.41, 5.74) is 2.61. The monoisotopic (exact) mass is 438 g/mol. The van der Waals surface area contributed by atoms with E-state index in [9.17, 15) is 13.2 Å². The molecule has 0 spiro atoms. The zero-order chi connectivity index (χ0) is 22.0. The number of nitrogens with zero attached hydrogens (tertiary/aromatic N) is 1. The van der Waals surface area contributed by atoms with E-state index in [0.717, 1.165) is 11.1 Å². The van der Waals surface area contributed by atoms with Crippen LogP contribution in [0.15, 0.2) is 71.6 Å². The molecule has 160 valence electrons. The maximum atomic E-state index is 12.9. The van der Waals surface area contributed by atoms with Gasteiger partial charge in [-0.2, -0.15) is 0 Å². The van der Waals surface area contributed by atoms with Crippen LogP contribution in [-0.2, 0) is 16.6 Å². The third kappa shape index (κ3) is 4.34. The number of sulfonamides is 1. The van der Waals surface area contributed by atoms with Crippen molar-refractivity contribution in [3.8, 4) is 11.5 Å². The minimum absolute atomic E-state index is 0.191. The van der Waals surface area contributed by atoms with Gasteiger partial charge in [-0.15, -0.1) is 0 Å². The second-order valence-electron chi connectivity index (χ2n) is 7.21. The smallest absolute Gasteiger partial charge is 0.264 e. The van der Waals surface area contributed by atoms with Gasteiger partial charge in [-0.05, 0) is 55.0 Å². The van der Waals surface area contributed by atoms with E-state index in [-0.39, 0.29) is 17.6 Å². The summed E-state index contributed by atoms with van der Waals surface area (Å²) in [7, 11) is -2.27. The van der Waals surface area contributed by atoms with E-state index in [1.54, 1.807) is 54.6 Å². The van der Waals surface area contributed by atoms with E-state index in [4.69, 9.17) is 9.47 Å². The Bertz CT molecular complexity index is 1220. The first-order valence-electron chi connectivity index (χ1n) is 9.67. The van der Waals surface area contributed by atoms with Crippen molar-refractivity contribution in [1.82, 2.24) is 5.32 Å². The minimum atomic E-state index is -3.74. The van der Waals surface area contributed by atoms with Crippen LogP contribution < -0.4 is 19.1 Å². The van der Waals surface area contributed by atoms with Gasteiger partial charge in [0.15, 0.2) is 11.5 Å². The first kappa shape index (κ1) is 20.7. The molecule has 0 unspecified atom stereocenters. The van der Waals surface area contributed by atoms with Gasteiger partial charge in [0.2, 0.25) is 6.79 Å². The fourth-order valence-corrected chi connectivity index (χ4v) is 4.37. The molecule has 0 atom stereocenters. The van der Waals surface area contributed by atoms with Crippen LogP contribution in [0.2, 0.25) is 0 Å². The van der Waals surface area contributed by atoms with Crippen LogP contribution in [0.25, 0.3) is 0 Å². The Morgan fingerprint density at radius 1 is 1.00 bits per heavy atom. The summed E-state index contributed by atoms with van der Waals surface area (Å²) in [5, 5.41) is 2.85. The van der Waals surface area contributed by atoms with Gasteiger partial charge in [0, 0.05) is 19.2 Å². The average molecular weight is 439 g/mol. The van der Waals surface area contributed by atoms with Gasteiger partial charge in [0.25, 0.3) is 15.9 Å². The Balaban J connectivity index is 1.48. The van der Waals surface area contributed by atoms with Crippen LogP contribution in [0.1, 0.15) is 21.5 Å². The topological polar surface area (TPSA) is 84.9 Å². The number of ether oxygens (including phenoxy) is 2. The molecule has 1 amide bonds. The highest BCUT2D eigenvalue weighted by Gasteiger charge is 2.22. The summed E-state index contributed by atoms with van der Waals surface area (Å²) in [6.07, 6.45) is 0. The van der Waals surface area contributed by atoms with Crippen molar-refractivity contribution in [3.05, 3.63) is 83.4 Å². The predicted molar refractivity (Wildman–Crippen MR) is 117 cm³/mol. The summed E-state index contributed by atoms with van der Waals surface area (Å²) in [5.74, 6) is 1.03. The number of rotatable bonds is 6. The Labute approximate surface area is 181 Å². The molecule has 0 fully saturated rings. The van der Waals surface area contributed by atoms with E-state index in [1.165, 1.54) is 11.4 Å². The molecule has 1 heterocycles. The van der Waals surface area contributed by atoms with Crippen molar-refractivity contribution >= 4 is 21.6 Å². The molecular formula is C23H22N2O5S. The SMILES string of the molecule is Cc1ccc(S(=O)(=O)N(C)c2cccc(C(=O)NCc3ccc4c(c3)OCO4)c2)cc1. The number of fused-ring (bicyclic) bond motifs is 1. The number of hydrogen-bond acceptors (Lipinski definition) is 5. The van der Waals surface area contributed by atoms with Crippen molar-refractivity contribution in [3.63, 3.8) is 0 Å². The van der Waals surface area contributed by atoms with E-state index in [0.29, 0.717) is 29.3 Å². The average Bonchev–Trinajstić information content (AvgIpc) is 3.25. The lowest BCUT2D eigenvalue weighted by atomic mass is 10.1. The third-order valence-corrected chi connectivity index (χ3v) is 6.84. The van der Waals surface area contributed by atoms with Gasteiger partial charge in [-0.3, -0.25) is 9.10 Å². The second kappa shape index (κ2) is 8.31. The third-order valence-electron chi connectivity index (χ3n) is 5.04. The number of nitrogens with one attached hydrogen (secondary N) is 1. The van der Waals surface area contributed by atoms with E-state index < -0.39 is 10.0 Å². The van der Waals surface area contributed by atoms with Crippen molar-refractivity contribution < 1.29 is 22.7 Å². The predicted octanol–water partition coefficient (Wildman–Crippen LogP) is 3.48. The summed E-state index contributed by atoms with van der Waals surface area (Å²) in [6, 6.07) is 18.6. The Morgan fingerprint density at radius 2 is 1.74 bits per heavy atom. The molecule has 3 aromatic rings. The number of aryl methyl sites for hydroxylation is 1. The van der Waals surface area contributed by atoms with Crippen LogP contribution in [0, 0.1) is 6.92 Å². The summed E-state index contributed by atoms with van der Waals surface area (Å²) in [6.45, 7) is 2.39. The van der Waals surface area contributed by atoms with Gasteiger partial charge in [0.05, 0.1) is 10.6 Å². The largest absolute Gasteiger partial charge is 0.454 e. The maximum absolute atomic E-state index is 12.9. The minimum Gasteiger partial charge on any atom is -0.454 e. The molecule has 4 rings (SSSR count). The normalized spacial score (nSPS) is 12.5. The van der Waals surface area contributed by atoms with Gasteiger partial charge in [-0.1, -0.05) is 29.8 Å². The number of benzene rings is 3. The number of amides is 1. The van der Waals surface area contributed by atoms with Crippen LogP contribution in [-0.4, -0.2) is 28.2 Å². The number of carbonyl (C=O) groups excluding carboxylic acids is 1. The Kier molecular flexibility index (Phi) is 5.56. The highest BCUT2D eigenvalue weighted by molar-refractivity contribution is 7.92. The van der Waals surface area contributed by atoms with E-state index in [1.807, 2.05) is 19.1 Å². The van der Waals surface area contributed by atoms with Crippen LogP contribution in [0.4, 0.5) is 5.69 Å². The van der Waals surface area contributed by atoms with Gasteiger partial charge < -0.3 is 14.8 Å².